The zero-order chi connectivity index (χ0) is 9.84. The van der Waals surface area contributed by atoms with Crippen molar-refractivity contribution in [3.63, 3.8) is 0 Å². The Labute approximate surface area is 89.3 Å². The molecule has 0 spiro atoms. The second-order valence-electron chi connectivity index (χ2n) is 2.41. The van der Waals surface area contributed by atoms with Crippen LogP contribution in [0.4, 0.5) is 0 Å². The molecule has 13 heavy (non-hydrogen) atoms. The van der Waals surface area contributed by atoms with Gasteiger partial charge in [-0.25, -0.2) is 4.98 Å². The highest BCUT2D eigenvalue weighted by Gasteiger charge is 2.20. The van der Waals surface area contributed by atoms with Crippen molar-refractivity contribution < 1.29 is 9.53 Å². The van der Waals surface area contributed by atoms with Gasteiger partial charge in [-0.05, 0) is 13.8 Å². The van der Waals surface area contributed by atoms with E-state index in [1.54, 1.807) is 6.92 Å². The number of carbonyl (C=O) groups excluding carboxylic acids is 1. The molecule has 0 bridgehead atoms. The average Bonchev–Trinajstić information content (AvgIpc) is 2.51. The zero-order valence-electron chi connectivity index (χ0n) is 7.41. The van der Waals surface area contributed by atoms with Gasteiger partial charge in [0, 0.05) is 5.38 Å². The third-order valence-electron chi connectivity index (χ3n) is 1.39. The van der Waals surface area contributed by atoms with Crippen molar-refractivity contribution >= 4 is 33.2 Å². The number of thiazole rings is 1. The molecular formula is C8H10BrNO2S. The lowest BCUT2D eigenvalue weighted by Crippen LogP contribution is -2.10. The Morgan fingerprint density at radius 1 is 1.85 bits per heavy atom. The van der Waals surface area contributed by atoms with Gasteiger partial charge < -0.3 is 4.74 Å². The van der Waals surface area contributed by atoms with Gasteiger partial charge in [-0.2, -0.15) is 0 Å². The highest BCUT2D eigenvalue weighted by molar-refractivity contribution is 9.09. The third kappa shape index (κ3) is 2.77. The van der Waals surface area contributed by atoms with Gasteiger partial charge in [0.1, 0.15) is 0 Å². The molecule has 0 fully saturated rings. The van der Waals surface area contributed by atoms with E-state index in [1.807, 2.05) is 12.3 Å². The van der Waals surface area contributed by atoms with Crippen LogP contribution in [0.3, 0.4) is 0 Å². The van der Waals surface area contributed by atoms with E-state index in [9.17, 15) is 4.79 Å². The van der Waals surface area contributed by atoms with E-state index >= 15 is 0 Å². The number of hydrogen-bond donors (Lipinski definition) is 0. The minimum absolute atomic E-state index is 0.284. The van der Waals surface area contributed by atoms with Gasteiger partial charge in [-0.1, -0.05) is 15.9 Å². The molecule has 1 unspecified atom stereocenters. The van der Waals surface area contributed by atoms with Crippen molar-refractivity contribution in [3.05, 3.63) is 16.1 Å². The average molecular weight is 264 g/mol. The predicted octanol–water partition coefficient (Wildman–Crippen LogP) is 2.45. The Hall–Kier alpha value is -0.420. The van der Waals surface area contributed by atoms with Crippen molar-refractivity contribution in [3.8, 4) is 0 Å². The van der Waals surface area contributed by atoms with E-state index in [0.29, 0.717) is 6.61 Å². The number of rotatable bonds is 3. The first kappa shape index (κ1) is 10.7. The standard InChI is InChI=1S/C8H10BrNO2S/c1-3-12-8(11)7(9)6-4-13-5(2)10-6/h4,7H,3H2,1-2H3. The molecule has 72 valence electrons. The van der Waals surface area contributed by atoms with Crippen LogP contribution in [0.15, 0.2) is 5.38 Å². The largest absolute Gasteiger partial charge is 0.465 e. The molecule has 0 aliphatic rings. The quantitative estimate of drug-likeness (QED) is 0.621. The van der Waals surface area contributed by atoms with Crippen molar-refractivity contribution in [1.82, 2.24) is 4.98 Å². The van der Waals surface area contributed by atoms with E-state index in [2.05, 4.69) is 20.9 Å². The maximum Gasteiger partial charge on any atom is 0.325 e. The molecule has 0 amide bonds. The SMILES string of the molecule is CCOC(=O)C(Br)c1csc(C)n1. The van der Waals surface area contributed by atoms with Crippen LogP contribution in [0, 0.1) is 6.92 Å². The summed E-state index contributed by atoms with van der Waals surface area (Å²) in [4.78, 5) is 15.0. The Balaban J connectivity index is 2.67. The summed E-state index contributed by atoms with van der Waals surface area (Å²) in [7, 11) is 0. The van der Waals surface area contributed by atoms with Crippen LogP contribution in [0.5, 0.6) is 0 Å². The Kier molecular flexibility index (Phi) is 3.87. The summed E-state index contributed by atoms with van der Waals surface area (Å²) in [6.07, 6.45) is 0. The monoisotopic (exact) mass is 263 g/mol. The van der Waals surface area contributed by atoms with E-state index in [-0.39, 0.29) is 5.97 Å². The number of halogens is 1. The summed E-state index contributed by atoms with van der Waals surface area (Å²) in [6.45, 7) is 4.08. The molecule has 1 heterocycles. The van der Waals surface area contributed by atoms with Gasteiger partial charge in [0.05, 0.1) is 17.3 Å². The number of aryl methyl sites for hydroxylation is 1. The van der Waals surface area contributed by atoms with E-state index in [1.165, 1.54) is 11.3 Å². The number of carbonyl (C=O) groups is 1. The van der Waals surface area contributed by atoms with Crippen molar-refractivity contribution in [2.45, 2.75) is 18.7 Å². The summed E-state index contributed by atoms with van der Waals surface area (Å²) >= 11 is 4.75. The molecule has 1 rings (SSSR count). The fourth-order valence-electron chi connectivity index (χ4n) is 0.833. The smallest absolute Gasteiger partial charge is 0.325 e. The van der Waals surface area contributed by atoms with Crippen molar-refractivity contribution in [2.24, 2.45) is 0 Å². The van der Waals surface area contributed by atoms with E-state index in [0.717, 1.165) is 10.7 Å². The number of nitrogens with zero attached hydrogens (tertiary/aromatic N) is 1. The zero-order valence-corrected chi connectivity index (χ0v) is 9.81. The fraction of sp³-hybridized carbons (Fsp3) is 0.500. The summed E-state index contributed by atoms with van der Waals surface area (Å²) in [5.74, 6) is -0.284. The van der Waals surface area contributed by atoms with Crippen molar-refractivity contribution in [2.75, 3.05) is 6.61 Å². The maximum atomic E-state index is 11.2. The molecule has 0 aliphatic carbocycles. The van der Waals surface area contributed by atoms with Gasteiger partial charge in [0.15, 0.2) is 4.83 Å². The lowest BCUT2D eigenvalue weighted by Gasteiger charge is -2.05. The molecule has 0 aliphatic heterocycles. The summed E-state index contributed by atoms with van der Waals surface area (Å²) < 4.78 is 4.85. The van der Waals surface area contributed by atoms with E-state index < -0.39 is 4.83 Å². The maximum absolute atomic E-state index is 11.2. The first-order chi connectivity index (χ1) is 6.15. The lowest BCUT2D eigenvalue weighted by atomic mass is 10.3. The van der Waals surface area contributed by atoms with Crippen LogP contribution in [0.1, 0.15) is 22.5 Å². The Morgan fingerprint density at radius 3 is 3.00 bits per heavy atom. The minimum Gasteiger partial charge on any atom is -0.465 e. The molecule has 1 aromatic heterocycles. The number of alkyl halides is 1. The summed E-state index contributed by atoms with van der Waals surface area (Å²) in [5.41, 5.74) is 0.723. The molecule has 3 nitrogen and oxygen atoms in total. The molecule has 0 saturated heterocycles. The van der Waals surface area contributed by atoms with Crippen LogP contribution in [-0.2, 0) is 9.53 Å². The topological polar surface area (TPSA) is 39.2 Å². The van der Waals surface area contributed by atoms with E-state index in [4.69, 9.17) is 4.74 Å². The van der Waals surface area contributed by atoms with Gasteiger partial charge in [0.25, 0.3) is 0 Å². The molecule has 1 atom stereocenters. The Bertz CT molecular complexity index is 300. The first-order valence-corrected chi connectivity index (χ1v) is 5.67. The number of ether oxygens (including phenoxy) is 1. The molecule has 0 aromatic carbocycles. The van der Waals surface area contributed by atoms with Crippen molar-refractivity contribution in [1.29, 1.82) is 0 Å². The highest BCUT2D eigenvalue weighted by Crippen LogP contribution is 2.25. The summed E-state index contributed by atoms with van der Waals surface area (Å²) in [6, 6.07) is 0. The second-order valence-corrected chi connectivity index (χ2v) is 4.38. The normalized spacial score (nSPS) is 12.5. The first-order valence-electron chi connectivity index (χ1n) is 3.88. The van der Waals surface area contributed by atoms with Gasteiger partial charge in [0.2, 0.25) is 0 Å². The molecular weight excluding hydrogens is 254 g/mol. The van der Waals surface area contributed by atoms with Crippen LogP contribution < -0.4 is 0 Å². The highest BCUT2D eigenvalue weighted by atomic mass is 79.9. The molecule has 1 aromatic rings. The fourth-order valence-corrected chi connectivity index (χ4v) is 2.01. The number of esters is 1. The predicted molar refractivity (Wildman–Crippen MR) is 55.2 cm³/mol. The molecule has 5 heteroatoms. The van der Waals surface area contributed by atoms with Crippen LogP contribution in [0.25, 0.3) is 0 Å². The lowest BCUT2D eigenvalue weighted by molar-refractivity contribution is -0.142. The van der Waals surface area contributed by atoms with Crippen LogP contribution in [0.2, 0.25) is 0 Å². The molecule has 0 radical (unpaired) electrons. The van der Waals surface area contributed by atoms with Gasteiger partial charge >= 0.3 is 5.97 Å². The van der Waals surface area contributed by atoms with Gasteiger partial charge in [-0.15, -0.1) is 11.3 Å². The minimum atomic E-state index is -0.433. The van der Waals surface area contributed by atoms with Crippen LogP contribution in [-0.4, -0.2) is 17.6 Å². The molecule has 0 N–H and O–H groups in total. The number of aromatic nitrogens is 1. The third-order valence-corrected chi connectivity index (χ3v) is 3.02. The second kappa shape index (κ2) is 4.72. The number of hydrogen-bond acceptors (Lipinski definition) is 4. The Morgan fingerprint density at radius 2 is 2.54 bits per heavy atom. The van der Waals surface area contributed by atoms with Crippen LogP contribution >= 0.6 is 27.3 Å². The molecule has 0 saturated carbocycles. The van der Waals surface area contributed by atoms with Gasteiger partial charge in [-0.3, -0.25) is 4.79 Å². The summed E-state index contributed by atoms with van der Waals surface area (Å²) in [5, 5.41) is 2.80.